The van der Waals surface area contributed by atoms with Gasteiger partial charge in [0.1, 0.15) is 12.7 Å². The third kappa shape index (κ3) is 4.95. The maximum absolute atomic E-state index is 12.2. The fraction of sp³-hybridized carbons (Fsp3) is 0.250. The van der Waals surface area contributed by atoms with Crippen molar-refractivity contribution in [3.8, 4) is 5.69 Å². The summed E-state index contributed by atoms with van der Waals surface area (Å²) in [5, 5.41) is 7.16. The quantitative estimate of drug-likeness (QED) is 0.693. The number of nitrogens with one attached hydrogen (secondary N) is 1. The van der Waals surface area contributed by atoms with Crippen LogP contribution in [-0.2, 0) is 10.5 Å². The van der Waals surface area contributed by atoms with E-state index in [9.17, 15) is 4.79 Å². The molecule has 0 saturated heterocycles. The minimum absolute atomic E-state index is 0.0349. The molecule has 0 spiro atoms. The Morgan fingerprint density at radius 3 is 2.54 bits per heavy atom. The molecule has 0 aliphatic rings. The lowest BCUT2D eigenvalue weighted by atomic mass is 10.1. The molecule has 1 atom stereocenters. The molecule has 6 heteroatoms. The highest BCUT2D eigenvalue weighted by atomic mass is 32.2. The number of rotatable bonds is 7. The molecule has 0 aliphatic heterocycles. The van der Waals surface area contributed by atoms with Crippen molar-refractivity contribution in [1.82, 2.24) is 20.1 Å². The van der Waals surface area contributed by atoms with E-state index in [0.29, 0.717) is 5.75 Å². The Bertz CT molecular complexity index is 829. The zero-order chi connectivity index (χ0) is 18.4. The highest BCUT2D eigenvalue weighted by molar-refractivity contribution is 7.99. The molecule has 134 valence electrons. The summed E-state index contributed by atoms with van der Waals surface area (Å²) in [4.78, 5) is 16.1. The van der Waals surface area contributed by atoms with E-state index in [1.807, 2.05) is 31.2 Å². The van der Waals surface area contributed by atoms with Crippen LogP contribution in [0.4, 0.5) is 0 Å². The summed E-state index contributed by atoms with van der Waals surface area (Å²) < 4.78 is 1.70. The van der Waals surface area contributed by atoms with Crippen LogP contribution in [0.5, 0.6) is 0 Å². The zero-order valence-corrected chi connectivity index (χ0v) is 15.7. The van der Waals surface area contributed by atoms with Gasteiger partial charge in [-0.3, -0.25) is 4.79 Å². The first-order valence-electron chi connectivity index (χ1n) is 8.49. The van der Waals surface area contributed by atoms with Crippen molar-refractivity contribution >= 4 is 17.7 Å². The Balaban J connectivity index is 1.47. The summed E-state index contributed by atoms with van der Waals surface area (Å²) in [6, 6.07) is 16.3. The molecule has 0 radical (unpaired) electrons. The van der Waals surface area contributed by atoms with Crippen LogP contribution < -0.4 is 5.32 Å². The lowest BCUT2D eigenvalue weighted by Crippen LogP contribution is -2.28. The van der Waals surface area contributed by atoms with E-state index in [2.05, 4.69) is 46.6 Å². The van der Waals surface area contributed by atoms with E-state index in [4.69, 9.17) is 0 Å². The predicted molar refractivity (Wildman–Crippen MR) is 105 cm³/mol. The van der Waals surface area contributed by atoms with Gasteiger partial charge in [0.2, 0.25) is 5.91 Å². The molecule has 3 aromatic rings. The van der Waals surface area contributed by atoms with Gasteiger partial charge >= 0.3 is 0 Å². The number of amides is 1. The van der Waals surface area contributed by atoms with Crippen LogP contribution in [0.25, 0.3) is 5.69 Å². The summed E-state index contributed by atoms with van der Waals surface area (Å²) in [6.45, 7) is 4.07. The lowest BCUT2D eigenvalue weighted by molar-refractivity contribution is -0.119. The van der Waals surface area contributed by atoms with Crippen molar-refractivity contribution in [2.45, 2.75) is 25.6 Å². The Labute approximate surface area is 157 Å². The SMILES string of the molecule is Cc1ccc(CSCC(=O)NC(C)c2ccc(-n3cncn3)cc2)cc1. The number of nitrogens with zero attached hydrogens (tertiary/aromatic N) is 3. The fourth-order valence-corrected chi connectivity index (χ4v) is 3.37. The van der Waals surface area contributed by atoms with Crippen LogP contribution in [-0.4, -0.2) is 26.4 Å². The van der Waals surface area contributed by atoms with Gasteiger partial charge in [0, 0.05) is 5.75 Å². The minimum atomic E-state index is -0.0349. The normalized spacial score (nSPS) is 11.9. The largest absolute Gasteiger partial charge is 0.349 e. The third-order valence-electron chi connectivity index (χ3n) is 4.08. The average Bonchev–Trinajstić information content (AvgIpc) is 3.18. The molecule has 1 heterocycles. The van der Waals surface area contributed by atoms with Gasteiger partial charge in [0.25, 0.3) is 0 Å². The Morgan fingerprint density at radius 2 is 1.88 bits per heavy atom. The first-order valence-corrected chi connectivity index (χ1v) is 9.65. The van der Waals surface area contributed by atoms with E-state index in [0.717, 1.165) is 17.0 Å². The molecule has 1 unspecified atom stereocenters. The van der Waals surface area contributed by atoms with Gasteiger partial charge in [-0.15, -0.1) is 11.8 Å². The predicted octanol–water partition coefficient (Wildman–Crippen LogP) is 3.69. The molecule has 0 fully saturated rings. The molecule has 1 amide bonds. The van der Waals surface area contributed by atoms with Crippen molar-refractivity contribution < 1.29 is 4.79 Å². The monoisotopic (exact) mass is 366 g/mol. The van der Waals surface area contributed by atoms with Crippen LogP contribution in [0.2, 0.25) is 0 Å². The van der Waals surface area contributed by atoms with Crippen molar-refractivity contribution in [3.63, 3.8) is 0 Å². The van der Waals surface area contributed by atoms with Crippen LogP contribution in [0.3, 0.4) is 0 Å². The molecule has 0 saturated carbocycles. The average molecular weight is 366 g/mol. The number of benzene rings is 2. The highest BCUT2D eigenvalue weighted by Crippen LogP contribution is 2.16. The van der Waals surface area contributed by atoms with E-state index >= 15 is 0 Å². The molecule has 1 N–H and O–H groups in total. The van der Waals surface area contributed by atoms with Gasteiger partial charge in [-0.25, -0.2) is 9.67 Å². The number of hydrogen-bond donors (Lipinski definition) is 1. The first-order chi connectivity index (χ1) is 12.6. The second-order valence-electron chi connectivity index (χ2n) is 6.20. The smallest absolute Gasteiger partial charge is 0.230 e. The Kier molecular flexibility index (Phi) is 6.07. The summed E-state index contributed by atoms with van der Waals surface area (Å²) in [5.74, 6) is 1.35. The minimum Gasteiger partial charge on any atom is -0.349 e. The van der Waals surface area contributed by atoms with Crippen LogP contribution in [0.1, 0.15) is 29.7 Å². The molecular formula is C20H22N4OS. The number of thioether (sulfide) groups is 1. The van der Waals surface area contributed by atoms with Gasteiger partial charge in [0.05, 0.1) is 17.5 Å². The summed E-state index contributed by atoms with van der Waals surface area (Å²) in [6.07, 6.45) is 3.16. The molecule has 5 nitrogen and oxygen atoms in total. The van der Waals surface area contributed by atoms with Crippen molar-refractivity contribution in [2.75, 3.05) is 5.75 Å². The number of carbonyl (C=O) groups excluding carboxylic acids is 1. The summed E-state index contributed by atoms with van der Waals surface area (Å²) in [7, 11) is 0. The zero-order valence-electron chi connectivity index (χ0n) is 14.9. The number of aromatic nitrogens is 3. The Hall–Kier alpha value is -2.60. The van der Waals surface area contributed by atoms with Crippen molar-refractivity contribution in [3.05, 3.63) is 77.9 Å². The van der Waals surface area contributed by atoms with Crippen molar-refractivity contribution in [1.29, 1.82) is 0 Å². The van der Waals surface area contributed by atoms with E-state index in [1.165, 1.54) is 17.5 Å². The number of hydrogen-bond acceptors (Lipinski definition) is 4. The molecule has 0 aliphatic carbocycles. The van der Waals surface area contributed by atoms with Crippen LogP contribution in [0, 0.1) is 6.92 Å². The third-order valence-corrected chi connectivity index (χ3v) is 5.08. The van der Waals surface area contributed by atoms with E-state index in [1.54, 1.807) is 22.8 Å². The molecular weight excluding hydrogens is 344 g/mol. The van der Waals surface area contributed by atoms with Crippen LogP contribution >= 0.6 is 11.8 Å². The lowest BCUT2D eigenvalue weighted by Gasteiger charge is -2.15. The van der Waals surface area contributed by atoms with Crippen molar-refractivity contribution in [2.24, 2.45) is 0 Å². The van der Waals surface area contributed by atoms with Gasteiger partial charge in [0.15, 0.2) is 0 Å². The number of carbonyl (C=O) groups is 1. The van der Waals surface area contributed by atoms with Gasteiger partial charge < -0.3 is 5.32 Å². The van der Waals surface area contributed by atoms with E-state index in [-0.39, 0.29) is 11.9 Å². The molecule has 0 bridgehead atoms. The summed E-state index contributed by atoms with van der Waals surface area (Å²) >= 11 is 1.63. The fourth-order valence-electron chi connectivity index (χ4n) is 2.57. The topological polar surface area (TPSA) is 59.8 Å². The molecule has 26 heavy (non-hydrogen) atoms. The van der Waals surface area contributed by atoms with Crippen LogP contribution in [0.15, 0.2) is 61.2 Å². The maximum atomic E-state index is 12.2. The second kappa shape index (κ2) is 8.67. The Morgan fingerprint density at radius 1 is 1.15 bits per heavy atom. The second-order valence-corrected chi connectivity index (χ2v) is 7.18. The van der Waals surface area contributed by atoms with E-state index < -0.39 is 0 Å². The maximum Gasteiger partial charge on any atom is 0.230 e. The summed E-state index contributed by atoms with van der Waals surface area (Å²) in [5.41, 5.74) is 4.49. The molecule has 1 aromatic heterocycles. The highest BCUT2D eigenvalue weighted by Gasteiger charge is 2.10. The first kappa shape index (κ1) is 18.2. The van der Waals surface area contributed by atoms with Gasteiger partial charge in [-0.05, 0) is 37.1 Å². The van der Waals surface area contributed by atoms with Gasteiger partial charge in [-0.1, -0.05) is 42.0 Å². The number of aryl methyl sites for hydroxylation is 1. The molecule has 3 rings (SSSR count). The van der Waals surface area contributed by atoms with Gasteiger partial charge in [-0.2, -0.15) is 5.10 Å². The molecule has 2 aromatic carbocycles. The standard InChI is InChI=1S/C20H22N4OS/c1-15-3-5-17(6-4-15)11-26-12-20(25)23-16(2)18-7-9-19(10-8-18)24-14-21-13-22-24/h3-10,13-14,16H,11-12H2,1-2H3,(H,23,25).